The van der Waals surface area contributed by atoms with Crippen molar-refractivity contribution in [2.45, 2.75) is 75.3 Å². The molecule has 2 heterocycles. The Hall–Kier alpha value is -2.13. The van der Waals surface area contributed by atoms with E-state index in [0.717, 1.165) is 44.9 Å². The lowest BCUT2D eigenvalue weighted by Gasteiger charge is -2.25. The summed E-state index contributed by atoms with van der Waals surface area (Å²) in [6.45, 7) is 0.875. The molecule has 1 N–H and O–H groups in total. The molecule has 1 aromatic heterocycles. The number of nitrogens with one attached hydrogen (secondary N) is 1. The van der Waals surface area contributed by atoms with E-state index in [2.05, 4.69) is 5.32 Å². The van der Waals surface area contributed by atoms with Crippen molar-refractivity contribution < 1.29 is 17.6 Å². The van der Waals surface area contributed by atoms with Crippen LogP contribution in [-0.4, -0.2) is 42.3 Å². The Labute approximate surface area is 176 Å². The van der Waals surface area contributed by atoms with Crippen molar-refractivity contribution in [2.75, 3.05) is 13.1 Å². The predicted molar refractivity (Wildman–Crippen MR) is 113 cm³/mol. The maximum absolute atomic E-state index is 12.9. The van der Waals surface area contributed by atoms with E-state index in [-0.39, 0.29) is 29.0 Å². The number of rotatable bonds is 5. The maximum Gasteiger partial charge on any atom is 0.420 e. The fraction of sp³-hybridized carbons (Fsp3) is 0.619. The van der Waals surface area contributed by atoms with Crippen LogP contribution >= 0.6 is 0 Å². The number of aromatic nitrogens is 1. The van der Waals surface area contributed by atoms with Crippen molar-refractivity contribution in [3.63, 3.8) is 0 Å². The van der Waals surface area contributed by atoms with Gasteiger partial charge in [-0.15, -0.1) is 0 Å². The SMILES string of the molecule is O=C(Cn1c(=O)oc2cc(S(=O)(=O)N3CCCCC3)ccc21)NC1CCCCCC1. The molecule has 2 aliphatic rings. The number of hydrogen-bond acceptors (Lipinski definition) is 5. The van der Waals surface area contributed by atoms with Gasteiger partial charge in [0.25, 0.3) is 0 Å². The first-order chi connectivity index (χ1) is 14.4. The van der Waals surface area contributed by atoms with Crippen LogP contribution in [0, 0.1) is 0 Å². The molecular weight excluding hydrogens is 406 g/mol. The van der Waals surface area contributed by atoms with Crippen molar-refractivity contribution in [1.82, 2.24) is 14.2 Å². The molecule has 0 unspecified atom stereocenters. The number of fused-ring (bicyclic) bond motifs is 1. The van der Waals surface area contributed by atoms with Gasteiger partial charge in [-0.05, 0) is 37.8 Å². The Bertz CT molecular complexity index is 1060. The number of hydrogen-bond donors (Lipinski definition) is 1. The van der Waals surface area contributed by atoms with E-state index >= 15 is 0 Å². The van der Waals surface area contributed by atoms with E-state index in [1.807, 2.05) is 0 Å². The van der Waals surface area contributed by atoms with Gasteiger partial charge in [-0.25, -0.2) is 13.2 Å². The first-order valence-electron chi connectivity index (χ1n) is 10.9. The van der Waals surface area contributed by atoms with Crippen molar-refractivity contribution in [3.8, 4) is 0 Å². The summed E-state index contributed by atoms with van der Waals surface area (Å²) in [5.74, 6) is -0.884. The van der Waals surface area contributed by atoms with Crippen molar-refractivity contribution in [1.29, 1.82) is 0 Å². The third kappa shape index (κ3) is 4.46. The zero-order chi connectivity index (χ0) is 21.1. The number of oxazole rings is 1. The lowest BCUT2D eigenvalue weighted by atomic mass is 10.1. The van der Waals surface area contributed by atoms with Crippen molar-refractivity contribution >= 4 is 27.0 Å². The van der Waals surface area contributed by atoms with Crippen LogP contribution in [0.15, 0.2) is 32.3 Å². The quantitative estimate of drug-likeness (QED) is 0.728. The number of benzene rings is 1. The molecular formula is C21H29N3O5S. The molecule has 1 amide bonds. The summed E-state index contributed by atoms with van der Waals surface area (Å²) in [6.07, 6.45) is 9.26. The molecule has 164 valence electrons. The van der Waals surface area contributed by atoms with E-state index in [4.69, 9.17) is 4.42 Å². The number of amides is 1. The van der Waals surface area contributed by atoms with Crippen LogP contribution in [0.5, 0.6) is 0 Å². The van der Waals surface area contributed by atoms with E-state index in [9.17, 15) is 18.0 Å². The molecule has 0 bridgehead atoms. The molecule has 9 heteroatoms. The molecule has 8 nitrogen and oxygen atoms in total. The summed E-state index contributed by atoms with van der Waals surface area (Å²) in [6, 6.07) is 4.58. The molecule has 30 heavy (non-hydrogen) atoms. The lowest BCUT2D eigenvalue weighted by Crippen LogP contribution is -2.38. The number of sulfonamides is 1. The van der Waals surface area contributed by atoms with Gasteiger partial charge in [0.1, 0.15) is 6.54 Å². The molecule has 1 saturated carbocycles. The van der Waals surface area contributed by atoms with Gasteiger partial charge >= 0.3 is 5.76 Å². The second-order valence-corrected chi connectivity index (χ2v) is 10.2. The Balaban J connectivity index is 1.53. The van der Waals surface area contributed by atoms with Crippen LogP contribution in [0.1, 0.15) is 57.8 Å². The first-order valence-corrected chi connectivity index (χ1v) is 12.3. The Kier molecular flexibility index (Phi) is 6.29. The van der Waals surface area contributed by atoms with Gasteiger partial charge in [0.05, 0.1) is 10.4 Å². The fourth-order valence-corrected chi connectivity index (χ4v) is 5.98. The van der Waals surface area contributed by atoms with Crippen LogP contribution in [0.2, 0.25) is 0 Å². The highest BCUT2D eigenvalue weighted by atomic mass is 32.2. The molecule has 0 radical (unpaired) electrons. The summed E-state index contributed by atoms with van der Waals surface area (Å²) in [7, 11) is -3.62. The van der Waals surface area contributed by atoms with Gasteiger partial charge in [0, 0.05) is 25.2 Å². The third-order valence-corrected chi connectivity index (χ3v) is 8.01. The summed E-state index contributed by atoms with van der Waals surface area (Å²) in [5.41, 5.74) is 0.606. The molecule has 4 rings (SSSR count). The molecule has 1 aromatic carbocycles. The highest BCUT2D eigenvalue weighted by Gasteiger charge is 2.27. The lowest BCUT2D eigenvalue weighted by molar-refractivity contribution is -0.122. The van der Waals surface area contributed by atoms with E-state index in [1.165, 1.54) is 33.8 Å². The van der Waals surface area contributed by atoms with Crippen LogP contribution < -0.4 is 11.1 Å². The topological polar surface area (TPSA) is 102 Å². The minimum atomic E-state index is -3.62. The molecule has 1 aliphatic heterocycles. The molecule has 0 atom stereocenters. The average Bonchev–Trinajstić information content (AvgIpc) is 2.89. The Morgan fingerprint density at radius 3 is 2.40 bits per heavy atom. The summed E-state index contributed by atoms with van der Waals surface area (Å²) in [4.78, 5) is 25.0. The van der Waals surface area contributed by atoms with Gasteiger partial charge in [-0.1, -0.05) is 32.1 Å². The van der Waals surface area contributed by atoms with Gasteiger partial charge in [-0.2, -0.15) is 4.31 Å². The van der Waals surface area contributed by atoms with Gasteiger partial charge in [-0.3, -0.25) is 9.36 Å². The fourth-order valence-electron chi connectivity index (χ4n) is 4.45. The minimum absolute atomic E-state index is 0.112. The van der Waals surface area contributed by atoms with Gasteiger partial charge in [0.15, 0.2) is 5.58 Å². The number of nitrogens with zero attached hydrogens (tertiary/aromatic N) is 2. The second-order valence-electron chi connectivity index (χ2n) is 8.30. The van der Waals surface area contributed by atoms with Crippen molar-refractivity contribution in [2.24, 2.45) is 0 Å². The van der Waals surface area contributed by atoms with Crippen LogP contribution in [0.25, 0.3) is 11.1 Å². The highest BCUT2D eigenvalue weighted by Crippen LogP contribution is 2.24. The van der Waals surface area contributed by atoms with Crippen LogP contribution in [0.4, 0.5) is 0 Å². The molecule has 2 fully saturated rings. The van der Waals surface area contributed by atoms with Crippen LogP contribution in [0.3, 0.4) is 0 Å². The summed E-state index contributed by atoms with van der Waals surface area (Å²) >= 11 is 0. The predicted octanol–water partition coefficient (Wildman–Crippen LogP) is 2.61. The Morgan fingerprint density at radius 1 is 1.03 bits per heavy atom. The molecule has 2 aromatic rings. The third-order valence-electron chi connectivity index (χ3n) is 6.11. The monoisotopic (exact) mass is 435 g/mol. The molecule has 0 spiro atoms. The number of carbonyl (C=O) groups excluding carboxylic acids is 1. The Morgan fingerprint density at radius 2 is 1.70 bits per heavy atom. The standard InChI is InChI=1S/C21H29N3O5S/c25-20(22-16-8-4-1-2-5-9-16)15-24-18-11-10-17(14-19(18)29-21(24)26)30(27,28)23-12-6-3-7-13-23/h10-11,14,16H,1-9,12-13,15H2,(H,22,25). The maximum atomic E-state index is 12.9. The number of carbonyl (C=O) groups is 1. The normalized spacial score (nSPS) is 19.6. The van der Waals surface area contributed by atoms with Crippen molar-refractivity contribution in [3.05, 3.63) is 28.7 Å². The van der Waals surface area contributed by atoms with Gasteiger partial charge < -0.3 is 9.73 Å². The van der Waals surface area contributed by atoms with E-state index < -0.39 is 15.8 Å². The molecule has 1 aliphatic carbocycles. The zero-order valence-electron chi connectivity index (χ0n) is 17.1. The second kappa shape index (κ2) is 8.93. The van der Waals surface area contributed by atoms with Gasteiger partial charge in [0.2, 0.25) is 15.9 Å². The largest absolute Gasteiger partial charge is 0.420 e. The number of piperidine rings is 1. The minimum Gasteiger partial charge on any atom is -0.408 e. The summed E-state index contributed by atoms with van der Waals surface area (Å²) < 4.78 is 33.8. The van der Waals surface area contributed by atoms with E-state index in [1.54, 1.807) is 6.07 Å². The summed E-state index contributed by atoms with van der Waals surface area (Å²) in [5, 5.41) is 3.02. The van der Waals surface area contributed by atoms with Crippen LogP contribution in [-0.2, 0) is 21.4 Å². The molecule has 1 saturated heterocycles. The average molecular weight is 436 g/mol. The smallest absolute Gasteiger partial charge is 0.408 e. The first kappa shape index (κ1) is 21.1. The van der Waals surface area contributed by atoms with E-state index in [0.29, 0.717) is 18.6 Å². The zero-order valence-corrected chi connectivity index (χ0v) is 18.0. The highest BCUT2D eigenvalue weighted by molar-refractivity contribution is 7.89.